The number of methoxy groups -OCH3 is 1. The number of benzene rings is 1. The Balaban J connectivity index is 2.77. The smallest absolute Gasteiger partial charge is 0.317 e. The molecule has 1 N–H and O–H groups in total. The number of rotatable bonds is 7. The minimum Gasteiger partial charge on any atom is -0.496 e. The topological polar surface area (TPSA) is 49.8 Å². The average molecular weight is 265 g/mol. The fourth-order valence-corrected chi connectivity index (χ4v) is 2.19. The van der Waals surface area contributed by atoms with Gasteiger partial charge in [-0.1, -0.05) is 26.0 Å². The van der Waals surface area contributed by atoms with E-state index in [0.717, 1.165) is 23.4 Å². The third-order valence-corrected chi connectivity index (χ3v) is 2.85. The van der Waals surface area contributed by atoms with E-state index >= 15 is 0 Å². The van der Waals surface area contributed by atoms with E-state index in [-0.39, 0.29) is 6.54 Å². The van der Waals surface area contributed by atoms with E-state index in [2.05, 4.69) is 13.8 Å². The van der Waals surface area contributed by atoms with Crippen LogP contribution in [0.25, 0.3) is 0 Å². The normalized spacial score (nSPS) is 11.1. The number of nitrogens with zero attached hydrogens (tertiary/aromatic N) is 1. The number of carboxylic acid groups (broad SMARTS) is 1. The van der Waals surface area contributed by atoms with Crippen LogP contribution >= 0.6 is 0 Å². The number of carboxylic acids is 1. The van der Waals surface area contributed by atoms with Gasteiger partial charge in [-0.15, -0.1) is 0 Å². The molecule has 1 aromatic carbocycles. The Morgan fingerprint density at radius 3 is 2.58 bits per heavy atom. The summed E-state index contributed by atoms with van der Waals surface area (Å²) in [4.78, 5) is 12.8. The van der Waals surface area contributed by atoms with Gasteiger partial charge in [-0.2, -0.15) is 0 Å². The number of aryl methyl sites for hydroxylation is 1. The summed E-state index contributed by atoms with van der Waals surface area (Å²) >= 11 is 0. The second kappa shape index (κ2) is 7.14. The van der Waals surface area contributed by atoms with Crippen molar-refractivity contribution in [3.8, 4) is 5.75 Å². The van der Waals surface area contributed by atoms with Crippen molar-refractivity contribution in [2.75, 3.05) is 20.2 Å². The third kappa shape index (κ3) is 5.30. The zero-order chi connectivity index (χ0) is 14.4. The number of carbonyl (C=O) groups is 1. The van der Waals surface area contributed by atoms with Crippen molar-refractivity contribution in [3.63, 3.8) is 0 Å². The highest BCUT2D eigenvalue weighted by atomic mass is 16.5. The molecular formula is C15H23NO3. The van der Waals surface area contributed by atoms with E-state index in [1.54, 1.807) is 7.11 Å². The first-order valence-electron chi connectivity index (χ1n) is 6.50. The first kappa shape index (κ1) is 15.5. The van der Waals surface area contributed by atoms with Crippen LogP contribution in [-0.2, 0) is 11.3 Å². The summed E-state index contributed by atoms with van der Waals surface area (Å²) in [5.41, 5.74) is 2.18. The molecule has 0 radical (unpaired) electrons. The predicted octanol–water partition coefficient (Wildman–Crippen LogP) is 2.55. The lowest BCUT2D eigenvalue weighted by Gasteiger charge is -2.22. The Morgan fingerprint density at radius 1 is 1.42 bits per heavy atom. The highest BCUT2D eigenvalue weighted by molar-refractivity contribution is 5.69. The highest BCUT2D eigenvalue weighted by Crippen LogP contribution is 2.19. The average Bonchev–Trinajstić information content (AvgIpc) is 2.27. The Bertz CT molecular complexity index is 429. The van der Waals surface area contributed by atoms with Crippen molar-refractivity contribution in [2.45, 2.75) is 27.3 Å². The molecule has 0 amide bonds. The van der Waals surface area contributed by atoms with Gasteiger partial charge in [-0.25, -0.2) is 0 Å². The molecule has 0 aliphatic rings. The van der Waals surface area contributed by atoms with Gasteiger partial charge in [0.05, 0.1) is 13.7 Å². The molecule has 0 atom stereocenters. The van der Waals surface area contributed by atoms with E-state index in [1.807, 2.05) is 30.0 Å². The Morgan fingerprint density at radius 2 is 2.11 bits per heavy atom. The van der Waals surface area contributed by atoms with Crippen LogP contribution in [0.4, 0.5) is 0 Å². The van der Waals surface area contributed by atoms with Crippen molar-refractivity contribution in [1.82, 2.24) is 4.90 Å². The van der Waals surface area contributed by atoms with Gasteiger partial charge in [0, 0.05) is 13.1 Å². The van der Waals surface area contributed by atoms with Crippen LogP contribution in [0.5, 0.6) is 5.75 Å². The van der Waals surface area contributed by atoms with Crippen molar-refractivity contribution in [3.05, 3.63) is 29.3 Å². The molecule has 0 spiro atoms. The number of ether oxygens (including phenoxy) is 1. The SMILES string of the molecule is COc1ccc(CN(CC(=O)O)CC(C)C)cc1C. The molecule has 0 aliphatic heterocycles. The van der Waals surface area contributed by atoms with Crippen LogP contribution < -0.4 is 4.74 Å². The number of hydrogen-bond acceptors (Lipinski definition) is 3. The van der Waals surface area contributed by atoms with Gasteiger partial charge in [0.2, 0.25) is 0 Å². The highest BCUT2D eigenvalue weighted by Gasteiger charge is 2.12. The standard InChI is InChI=1S/C15H23NO3/c1-11(2)8-16(10-15(17)18)9-13-5-6-14(19-4)12(3)7-13/h5-7,11H,8-10H2,1-4H3,(H,17,18). The molecule has 1 rings (SSSR count). The van der Waals surface area contributed by atoms with E-state index in [4.69, 9.17) is 9.84 Å². The molecule has 19 heavy (non-hydrogen) atoms. The molecule has 0 fully saturated rings. The largest absolute Gasteiger partial charge is 0.496 e. The molecule has 0 bridgehead atoms. The van der Waals surface area contributed by atoms with Gasteiger partial charge in [-0.05, 0) is 30.0 Å². The zero-order valence-electron chi connectivity index (χ0n) is 12.1. The van der Waals surface area contributed by atoms with Crippen LogP contribution in [0.2, 0.25) is 0 Å². The van der Waals surface area contributed by atoms with Crippen molar-refractivity contribution < 1.29 is 14.6 Å². The number of hydrogen-bond donors (Lipinski definition) is 1. The fourth-order valence-electron chi connectivity index (χ4n) is 2.19. The van der Waals surface area contributed by atoms with E-state index < -0.39 is 5.97 Å². The second-order valence-electron chi connectivity index (χ2n) is 5.26. The molecule has 0 heterocycles. The van der Waals surface area contributed by atoms with Crippen molar-refractivity contribution >= 4 is 5.97 Å². The molecular weight excluding hydrogens is 242 g/mol. The lowest BCUT2D eigenvalue weighted by Crippen LogP contribution is -2.32. The maximum absolute atomic E-state index is 10.9. The predicted molar refractivity (Wildman–Crippen MR) is 75.5 cm³/mol. The molecule has 0 unspecified atom stereocenters. The third-order valence-electron chi connectivity index (χ3n) is 2.85. The van der Waals surface area contributed by atoms with Crippen LogP contribution in [0.1, 0.15) is 25.0 Å². The first-order valence-corrected chi connectivity index (χ1v) is 6.50. The summed E-state index contributed by atoms with van der Waals surface area (Å²) in [6.45, 7) is 7.67. The minimum atomic E-state index is -0.786. The Kier molecular flexibility index (Phi) is 5.83. The van der Waals surface area contributed by atoms with Crippen molar-refractivity contribution in [2.24, 2.45) is 5.92 Å². The first-order chi connectivity index (χ1) is 8.92. The van der Waals surface area contributed by atoms with Gasteiger partial charge in [-0.3, -0.25) is 9.69 Å². The van der Waals surface area contributed by atoms with Crippen LogP contribution in [0, 0.1) is 12.8 Å². The molecule has 106 valence electrons. The molecule has 0 saturated heterocycles. The molecule has 0 aromatic heterocycles. The number of aliphatic carboxylic acids is 1. The van der Waals surface area contributed by atoms with E-state index in [9.17, 15) is 4.79 Å². The van der Waals surface area contributed by atoms with Gasteiger partial charge in [0.15, 0.2) is 0 Å². The molecule has 0 aliphatic carbocycles. The summed E-state index contributed by atoms with van der Waals surface area (Å²) in [6.07, 6.45) is 0. The van der Waals surface area contributed by atoms with Gasteiger partial charge < -0.3 is 9.84 Å². The molecule has 1 aromatic rings. The quantitative estimate of drug-likeness (QED) is 0.823. The lowest BCUT2D eigenvalue weighted by atomic mass is 10.1. The maximum Gasteiger partial charge on any atom is 0.317 e. The van der Waals surface area contributed by atoms with Gasteiger partial charge >= 0.3 is 5.97 Å². The van der Waals surface area contributed by atoms with Gasteiger partial charge in [0.1, 0.15) is 5.75 Å². The Hall–Kier alpha value is -1.55. The molecule has 0 saturated carbocycles. The van der Waals surface area contributed by atoms with E-state index in [1.165, 1.54) is 0 Å². The molecule has 4 heteroatoms. The lowest BCUT2D eigenvalue weighted by molar-refractivity contribution is -0.138. The zero-order valence-corrected chi connectivity index (χ0v) is 12.1. The Labute approximate surface area is 115 Å². The van der Waals surface area contributed by atoms with Crippen molar-refractivity contribution in [1.29, 1.82) is 0 Å². The monoisotopic (exact) mass is 265 g/mol. The summed E-state index contributed by atoms with van der Waals surface area (Å²) in [5.74, 6) is 0.516. The fraction of sp³-hybridized carbons (Fsp3) is 0.533. The maximum atomic E-state index is 10.9. The summed E-state index contributed by atoms with van der Waals surface area (Å²) in [5, 5.41) is 8.95. The van der Waals surface area contributed by atoms with Crippen LogP contribution in [-0.4, -0.2) is 36.2 Å². The summed E-state index contributed by atoms with van der Waals surface area (Å²) in [6, 6.07) is 5.97. The summed E-state index contributed by atoms with van der Waals surface area (Å²) < 4.78 is 5.23. The minimum absolute atomic E-state index is 0.0727. The van der Waals surface area contributed by atoms with Crippen LogP contribution in [0.15, 0.2) is 18.2 Å². The van der Waals surface area contributed by atoms with Gasteiger partial charge in [0.25, 0.3) is 0 Å². The molecule has 4 nitrogen and oxygen atoms in total. The van der Waals surface area contributed by atoms with E-state index in [0.29, 0.717) is 12.5 Å². The van der Waals surface area contributed by atoms with Crippen LogP contribution in [0.3, 0.4) is 0 Å². The second-order valence-corrected chi connectivity index (χ2v) is 5.26. The summed E-state index contributed by atoms with van der Waals surface area (Å²) in [7, 11) is 1.65.